The number of sulfonamides is 1. The number of anilines is 1. The number of ether oxygens (including phenoxy) is 3. The Morgan fingerprint density at radius 2 is 2.10 bits per heavy atom. The van der Waals surface area contributed by atoms with Crippen molar-refractivity contribution in [1.82, 2.24) is 4.90 Å². The van der Waals surface area contributed by atoms with E-state index in [1.807, 2.05) is 0 Å². The fourth-order valence-electron chi connectivity index (χ4n) is 3.61. The van der Waals surface area contributed by atoms with E-state index in [0.717, 1.165) is 0 Å². The Kier molecular flexibility index (Phi) is 6.33. The largest absolute Gasteiger partial charge is 0.490 e. The highest BCUT2D eigenvalue weighted by atomic mass is 32.2. The van der Waals surface area contributed by atoms with Crippen LogP contribution in [0.15, 0.2) is 18.2 Å². The lowest BCUT2D eigenvalue weighted by atomic mass is 9.94. The fraction of sp³-hybridized carbons (Fsp3) is 0.579. The summed E-state index contributed by atoms with van der Waals surface area (Å²) in [5.41, 5.74) is 0.602. The maximum Gasteiger partial charge on any atom is 0.308 e. The minimum Gasteiger partial charge on any atom is -0.490 e. The predicted molar refractivity (Wildman–Crippen MR) is 105 cm³/mol. The summed E-state index contributed by atoms with van der Waals surface area (Å²) in [6, 6.07) is 4.41. The lowest BCUT2D eigenvalue weighted by molar-refractivity contribution is -0.151. The molecule has 0 aliphatic carbocycles. The number of likely N-dealkylation sites (N-methyl/N-ethyl adjacent to an activating group) is 1. The van der Waals surface area contributed by atoms with E-state index in [-0.39, 0.29) is 48.9 Å². The van der Waals surface area contributed by atoms with Crippen molar-refractivity contribution in [2.45, 2.75) is 44.4 Å². The molecule has 10 heteroatoms. The molecule has 2 aliphatic heterocycles. The molecule has 29 heavy (non-hydrogen) atoms. The van der Waals surface area contributed by atoms with Gasteiger partial charge in [-0.2, -0.15) is 0 Å². The third-order valence-electron chi connectivity index (χ3n) is 5.29. The number of carbonyl (C=O) groups excluding carboxylic acids is 2. The first-order valence-electron chi connectivity index (χ1n) is 9.50. The van der Waals surface area contributed by atoms with E-state index in [1.54, 1.807) is 24.1 Å². The highest BCUT2D eigenvalue weighted by molar-refractivity contribution is 7.92. The van der Waals surface area contributed by atoms with Crippen molar-refractivity contribution in [3.8, 4) is 5.75 Å². The average Bonchev–Trinajstić information content (AvgIpc) is 2.70. The zero-order chi connectivity index (χ0) is 21.2. The van der Waals surface area contributed by atoms with Gasteiger partial charge in [0.05, 0.1) is 37.0 Å². The number of hydrogen-bond donors (Lipinski definition) is 1. The maximum atomic E-state index is 13.1. The number of benzene rings is 1. The summed E-state index contributed by atoms with van der Waals surface area (Å²) < 4.78 is 42.7. The molecule has 0 bridgehead atoms. The third-order valence-corrected chi connectivity index (χ3v) is 6.59. The molecule has 2 heterocycles. The van der Waals surface area contributed by atoms with Gasteiger partial charge in [0.1, 0.15) is 18.5 Å². The molecule has 0 radical (unpaired) electrons. The van der Waals surface area contributed by atoms with Gasteiger partial charge in [-0.05, 0) is 38.0 Å². The molecule has 1 aromatic carbocycles. The first-order chi connectivity index (χ1) is 13.7. The first kappa shape index (κ1) is 21.4. The van der Waals surface area contributed by atoms with Gasteiger partial charge in [-0.3, -0.25) is 14.3 Å². The third kappa shape index (κ3) is 4.81. The van der Waals surface area contributed by atoms with Crippen LogP contribution in [-0.2, 0) is 24.3 Å². The lowest BCUT2D eigenvalue weighted by Gasteiger charge is -2.42. The van der Waals surface area contributed by atoms with Gasteiger partial charge in [0.15, 0.2) is 0 Å². The topological polar surface area (TPSA) is 111 Å². The van der Waals surface area contributed by atoms with Crippen LogP contribution in [0.1, 0.15) is 36.5 Å². The van der Waals surface area contributed by atoms with Gasteiger partial charge in [0, 0.05) is 12.7 Å². The molecular formula is C19H26N2O7S. The monoisotopic (exact) mass is 426 g/mol. The number of carbonyl (C=O) groups is 2. The minimum atomic E-state index is -3.46. The van der Waals surface area contributed by atoms with Crippen LogP contribution in [0.5, 0.6) is 5.75 Å². The number of hydrogen-bond acceptors (Lipinski definition) is 7. The second kappa shape index (κ2) is 8.58. The van der Waals surface area contributed by atoms with Crippen LogP contribution < -0.4 is 9.46 Å². The summed E-state index contributed by atoms with van der Waals surface area (Å²) >= 11 is 0. The van der Waals surface area contributed by atoms with Crippen molar-refractivity contribution in [3.63, 3.8) is 0 Å². The SMILES string of the molecule is CCS(=O)(=O)Nc1ccc2c(c1)C(=O)N(C)[C@H]1CC[C@@H](CC(=O)OC)O[C@H]1CO2. The quantitative estimate of drug-likeness (QED) is 0.708. The Morgan fingerprint density at radius 1 is 1.34 bits per heavy atom. The summed E-state index contributed by atoms with van der Waals surface area (Å²) in [6.07, 6.45) is 0.792. The van der Waals surface area contributed by atoms with Crippen LogP contribution in [-0.4, -0.2) is 70.0 Å². The summed E-state index contributed by atoms with van der Waals surface area (Å²) in [4.78, 5) is 26.2. The van der Waals surface area contributed by atoms with Crippen molar-refractivity contribution in [1.29, 1.82) is 0 Å². The van der Waals surface area contributed by atoms with Crippen molar-refractivity contribution >= 4 is 27.6 Å². The Morgan fingerprint density at radius 3 is 2.79 bits per heavy atom. The van der Waals surface area contributed by atoms with E-state index in [0.29, 0.717) is 29.8 Å². The minimum absolute atomic E-state index is 0.0672. The van der Waals surface area contributed by atoms with Crippen LogP contribution in [0.4, 0.5) is 5.69 Å². The van der Waals surface area contributed by atoms with E-state index in [4.69, 9.17) is 14.2 Å². The van der Waals surface area contributed by atoms with Crippen molar-refractivity contribution in [2.24, 2.45) is 0 Å². The second-order valence-electron chi connectivity index (χ2n) is 7.16. The molecular weight excluding hydrogens is 400 g/mol. The van der Waals surface area contributed by atoms with E-state index in [1.165, 1.54) is 20.1 Å². The molecule has 3 atom stereocenters. The number of fused-ring (bicyclic) bond motifs is 2. The molecule has 2 aliphatic rings. The smallest absolute Gasteiger partial charge is 0.308 e. The molecule has 0 spiro atoms. The van der Waals surface area contributed by atoms with Gasteiger partial charge in [-0.25, -0.2) is 8.42 Å². The number of nitrogens with one attached hydrogen (secondary N) is 1. The Labute approximate surface area is 170 Å². The van der Waals surface area contributed by atoms with Crippen molar-refractivity contribution in [3.05, 3.63) is 23.8 Å². The number of methoxy groups -OCH3 is 1. The van der Waals surface area contributed by atoms with Crippen LogP contribution >= 0.6 is 0 Å². The molecule has 160 valence electrons. The van der Waals surface area contributed by atoms with Crippen LogP contribution in [0.25, 0.3) is 0 Å². The van der Waals surface area contributed by atoms with Gasteiger partial charge in [-0.1, -0.05) is 0 Å². The number of esters is 1. The highest BCUT2D eigenvalue weighted by Crippen LogP contribution is 2.32. The molecule has 0 unspecified atom stereocenters. The van der Waals surface area contributed by atoms with Gasteiger partial charge in [-0.15, -0.1) is 0 Å². The molecule has 1 saturated heterocycles. The van der Waals surface area contributed by atoms with Crippen LogP contribution in [0.3, 0.4) is 0 Å². The van der Waals surface area contributed by atoms with Gasteiger partial charge in [0.25, 0.3) is 5.91 Å². The average molecular weight is 426 g/mol. The standard InChI is InChI=1S/C19H26N2O7S/c1-4-29(24,25)20-12-5-8-16-14(9-12)19(23)21(2)15-7-6-13(10-18(22)26-3)28-17(15)11-27-16/h5,8-9,13,15,17,20H,4,6-7,10-11H2,1-3H3/t13-,15-,17-/m0/s1. The Hall–Kier alpha value is -2.33. The normalized spacial score (nSPS) is 24.4. The number of rotatable bonds is 5. The first-order valence-corrected chi connectivity index (χ1v) is 11.2. The van der Waals surface area contributed by atoms with Gasteiger partial charge in [0.2, 0.25) is 10.0 Å². The van der Waals surface area contributed by atoms with Crippen molar-refractivity contribution < 1.29 is 32.2 Å². The zero-order valence-corrected chi connectivity index (χ0v) is 17.5. The molecule has 0 aromatic heterocycles. The van der Waals surface area contributed by atoms with E-state index >= 15 is 0 Å². The van der Waals surface area contributed by atoms with E-state index < -0.39 is 10.0 Å². The highest BCUT2D eigenvalue weighted by Gasteiger charge is 2.39. The molecule has 1 aromatic rings. The van der Waals surface area contributed by atoms with E-state index in [9.17, 15) is 18.0 Å². The molecule has 1 amide bonds. The predicted octanol–water partition coefficient (Wildman–Crippen LogP) is 1.39. The zero-order valence-electron chi connectivity index (χ0n) is 16.7. The molecule has 1 N–H and O–H groups in total. The summed E-state index contributed by atoms with van der Waals surface area (Å²) in [6.45, 7) is 1.75. The molecule has 9 nitrogen and oxygen atoms in total. The van der Waals surface area contributed by atoms with Crippen LogP contribution in [0, 0.1) is 0 Å². The second-order valence-corrected chi connectivity index (χ2v) is 9.18. The molecule has 0 saturated carbocycles. The van der Waals surface area contributed by atoms with Gasteiger partial charge < -0.3 is 19.1 Å². The maximum absolute atomic E-state index is 13.1. The Bertz CT molecular complexity index is 887. The molecule has 3 rings (SSSR count). The van der Waals surface area contributed by atoms with Crippen LogP contribution in [0.2, 0.25) is 0 Å². The summed E-state index contributed by atoms with van der Waals surface area (Å²) in [5.74, 6) is -0.319. The van der Waals surface area contributed by atoms with E-state index in [2.05, 4.69) is 4.72 Å². The molecule has 1 fully saturated rings. The lowest BCUT2D eigenvalue weighted by Crippen LogP contribution is -2.53. The van der Waals surface area contributed by atoms with Gasteiger partial charge >= 0.3 is 5.97 Å². The summed E-state index contributed by atoms with van der Waals surface area (Å²) in [5, 5.41) is 0. The number of nitrogens with zero attached hydrogens (tertiary/aromatic N) is 1. The number of amides is 1. The summed E-state index contributed by atoms with van der Waals surface area (Å²) in [7, 11) is -0.422. The van der Waals surface area contributed by atoms with Crippen molar-refractivity contribution in [2.75, 3.05) is 31.2 Å². The fourth-order valence-corrected chi connectivity index (χ4v) is 4.24. The Balaban J connectivity index is 1.82.